The molecule has 1 aliphatic rings. The van der Waals surface area contributed by atoms with E-state index in [1.165, 1.54) is 5.56 Å². The van der Waals surface area contributed by atoms with E-state index in [2.05, 4.69) is 20.4 Å². The fourth-order valence-corrected chi connectivity index (χ4v) is 5.01. The smallest absolute Gasteiger partial charge is 0.253 e. The summed E-state index contributed by atoms with van der Waals surface area (Å²) in [5.41, 5.74) is 3.03. The highest BCUT2D eigenvalue weighted by molar-refractivity contribution is 8.00. The first kappa shape index (κ1) is 18.2. The van der Waals surface area contributed by atoms with Crippen molar-refractivity contribution in [2.24, 2.45) is 0 Å². The number of aromatic nitrogens is 4. The Morgan fingerprint density at radius 1 is 1.26 bits per heavy atom. The number of carbonyl (C=O) groups is 1. The summed E-state index contributed by atoms with van der Waals surface area (Å²) in [6, 6.07) is 8.31. The SMILES string of the molecule is Cc1csc(SCc2ccc(C(=O)N3CCC(n4cncn4)CC3)cc2)n1. The summed E-state index contributed by atoms with van der Waals surface area (Å²) >= 11 is 3.41. The second-order valence-electron chi connectivity index (χ2n) is 6.64. The van der Waals surface area contributed by atoms with Crippen LogP contribution in [-0.2, 0) is 5.75 Å². The van der Waals surface area contributed by atoms with E-state index in [1.54, 1.807) is 35.8 Å². The molecule has 0 radical (unpaired) electrons. The molecule has 0 spiro atoms. The molecule has 3 aromatic rings. The van der Waals surface area contributed by atoms with Gasteiger partial charge in [0.1, 0.15) is 17.0 Å². The van der Waals surface area contributed by atoms with Gasteiger partial charge in [0.25, 0.3) is 5.91 Å². The largest absolute Gasteiger partial charge is 0.338 e. The summed E-state index contributed by atoms with van der Waals surface area (Å²) in [4.78, 5) is 23.2. The number of thiazole rings is 1. The lowest BCUT2D eigenvalue weighted by Crippen LogP contribution is -2.39. The molecule has 8 heteroatoms. The first-order chi connectivity index (χ1) is 13.2. The van der Waals surface area contributed by atoms with Gasteiger partial charge in [-0.3, -0.25) is 4.79 Å². The molecule has 0 aliphatic carbocycles. The van der Waals surface area contributed by atoms with Crippen LogP contribution in [0.1, 0.15) is 40.5 Å². The molecule has 2 aromatic heterocycles. The van der Waals surface area contributed by atoms with Crippen LogP contribution in [0.25, 0.3) is 0 Å². The molecular weight excluding hydrogens is 378 g/mol. The van der Waals surface area contributed by atoms with E-state index >= 15 is 0 Å². The van der Waals surface area contributed by atoms with Crippen LogP contribution in [0.15, 0.2) is 46.6 Å². The van der Waals surface area contributed by atoms with Crippen molar-refractivity contribution >= 4 is 29.0 Å². The van der Waals surface area contributed by atoms with E-state index in [0.717, 1.165) is 47.3 Å². The Balaban J connectivity index is 1.31. The predicted molar refractivity (Wildman–Crippen MR) is 107 cm³/mol. The molecule has 0 bridgehead atoms. The number of thioether (sulfide) groups is 1. The molecule has 27 heavy (non-hydrogen) atoms. The van der Waals surface area contributed by atoms with Crippen LogP contribution >= 0.6 is 23.1 Å². The molecule has 1 fully saturated rings. The van der Waals surface area contributed by atoms with Gasteiger partial charge in [0.2, 0.25) is 0 Å². The third-order valence-electron chi connectivity index (χ3n) is 4.72. The van der Waals surface area contributed by atoms with Crippen molar-refractivity contribution in [1.29, 1.82) is 0 Å². The Morgan fingerprint density at radius 2 is 2.04 bits per heavy atom. The van der Waals surface area contributed by atoms with Gasteiger partial charge >= 0.3 is 0 Å². The molecule has 6 nitrogen and oxygen atoms in total. The van der Waals surface area contributed by atoms with Gasteiger partial charge in [-0.1, -0.05) is 23.9 Å². The lowest BCUT2D eigenvalue weighted by Gasteiger charge is -2.32. The highest BCUT2D eigenvalue weighted by Gasteiger charge is 2.24. The van der Waals surface area contributed by atoms with Gasteiger partial charge in [-0.15, -0.1) is 11.3 Å². The zero-order valence-electron chi connectivity index (χ0n) is 15.1. The van der Waals surface area contributed by atoms with Crippen molar-refractivity contribution in [3.63, 3.8) is 0 Å². The molecular formula is C19H21N5OS2. The molecule has 0 unspecified atom stereocenters. The average molecular weight is 400 g/mol. The minimum absolute atomic E-state index is 0.113. The number of benzene rings is 1. The van der Waals surface area contributed by atoms with Gasteiger partial charge < -0.3 is 4.90 Å². The van der Waals surface area contributed by atoms with Gasteiger partial charge in [-0.2, -0.15) is 5.10 Å². The van der Waals surface area contributed by atoms with Crippen molar-refractivity contribution in [2.75, 3.05) is 13.1 Å². The van der Waals surface area contributed by atoms with Gasteiger partial charge in [-0.25, -0.2) is 14.6 Å². The van der Waals surface area contributed by atoms with Crippen LogP contribution < -0.4 is 0 Å². The summed E-state index contributed by atoms with van der Waals surface area (Å²) in [6.45, 7) is 3.52. The fraction of sp³-hybridized carbons (Fsp3) is 0.368. The van der Waals surface area contributed by atoms with E-state index < -0.39 is 0 Å². The van der Waals surface area contributed by atoms with Crippen LogP contribution in [0.4, 0.5) is 0 Å². The second-order valence-corrected chi connectivity index (χ2v) is 8.72. The maximum absolute atomic E-state index is 12.8. The number of hydrogen-bond acceptors (Lipinski definition) is 6. The number of piperidine rings is 1. The van der Waals surface area contributed by atoms with Crippen LogP contribution in [0.3, 0.4) is 0 Å². The summed E-state index contributed by atoms with van der Waals surface area (Å²) in [6.07, 6.45) is 5.15. The maximum Gasteiger partial charge on any atom is 0.253 e. The quantitative estimate of drug-likeness (QED) is 0.611. The Bertz CT molecular complexity index is 883. The van der Waals surface area contributed by atoms with Crippen molar-refractivity contribution in [3.05, 3.63) is 59.1 Å². The first-order valence-corrected chi connectivity index (χ1v) is 10.8. The number of aryl methyl sites for hydroxylation is 1. The van der Waals surface area contributed by atoms with Crippen molar-refractivity contribution in [3.8, 4) is 0 Å². The lowest BCUT2D eigenvalue weighted by atomic mass is 10.0. The fourth-order valence-electron chi connectivity index (χ4n) is 3.21. The van der Waals surface area contributed by atoms with Crippen molar-refractivity contribution in [2.45, 2.75) is 35.9 Å². The van der Waals surface area contributed by atoms with Crippen LogP contribution in [0.5, 0.6) is 0 Å². The monoisotopic (exact) mass is 399 g/mol. The minimum Gasteiger partial charge on any atom is -0.338 e. The first-order valence-electron chi connectivity index (χ1n) is 8.96. The zero-order valence-corrected chi connectivity index (χ0v) is 16.7. The van der Waals surface area contributed by atoms with Crippen molar-refractivity contribution < 1.29 is 4.79 Å². The zero-order chi connectivity index (χ0) is 18.6. The van der Waals surface area contributed by atoms with Crippen LogP contribution in [-0.4, -0.2) is 43.6 Å². The van der Waals surface area contributed by atoms with E-state index in [0.29, 0.717) is 6.04 Å². The third kappa shape index (κ3) is 4.39. The number of likely N-dealkylation sites (tertiary alicyclic amines) is 1. The Kier molecular flexibility index (Phi) is 5.54. The van der Waals surface area contributed by atoms with E-state index in [4.69, 9.17) is 0 Å². The summed E-state index contributed by atoms with van der Waals surface area (Å²) in [7, 11) is 0. The summed E-state index contributed by atoms with van der Waals surface area (Å²) in [5.74, 6) is 0.979. The van der Waals surface area contributed by atoms with E-state index in [9.17, 15) is 4.79 Å². The maximum atomic E-state index is 12.8. The highest BCUT2D eigenvalue weighted by Crippen LogP contribution is 2.26. The molecule has 0 N–H and O–H groups in total. The average Bonchev–Trinajstić information content (AvgIpc) is 3.38. The minimum atomic E-state index is 0.113. The van der Waals surface area contributed by atoms with E-state index in [-0.39, 0.29) is 5.91 Å². The Hall–Kier alpha value is -2.19. The number of hydrogen-bond donors (Lipinski definition) is 0. The highest BCUT2D eigenvalue weighted by atomic mass is 32.2. The molecule has 1 aromatic carbocycles. The Morgan fingerprint density at radius 3 is 2.67 bits per heavy atom. The molecule has 0 atom stereocenters. The second kappa shape index (κ2) is 8.22. The van der Waals surface area contributed by atoms with Gasteiger partial charge in [-0.05, 0) is 37.5 Å². The Labute approximate surface area is 166 Å². The van der Waals surface area contributed by atoms with Gasteiger partial charge in [0.15, 0.2) is 0 Å². The number of rotatable bonds is 5. The molecule has 0 saturated carbocycles. The molecule has 1 amide bonds. The van der Waals surface area contributed by atoms with Crippen LogP contribution in [0.2, 0.25) is 0 Å². The standard InChI is InChI=1S/C19H21N5OS2/c1-14-10-26-19(22-14)27-11-15-2-4-16(5-3-15)18(25)23-8-6-17(7-9-23)24-13-20-12-21-24/h2-5,10,12-13,17H,6-9,11H2,1H3. The van der Waals surface area contributed by atoms with E-state index in [1.807, 2.05) is 40.8 Å². The third-order valence-corrected chi connectivity index (χ3v) is 6.93. The normalized spacial score (nSPS) is 15.2. The summed E-state index contributed by atoms with van der Waals surface area (Å²) in [5, 5.41) is 6.28. The molecule has 1 aliphatic heterocycles. The lowest BCUT2D eigenvalue weighted by molar-refractivity contribution is 0.0690. The molecule has 3 heterocycles. The predicted octanol–water partition coefficient (Wildman–Crippen LogP) is 3.81. The number of amides is 1. The molecule has 140 valence electrons. The van der Waals surface area contributed by atoms with Crippen molar-refractivity contribution in [1.82, 2.24) is 24.6 Å². The van der Waals surface area contributed by atoms with Gasteiger partial charge in [0.05, 0.1) is 6.04 Å². The van der Waals surface area contributed by atoms with Gasteiger partial charge in [0, 0.05) is 35.5 Å². The molecule has 1 saturated heterocycles. The summed E-state index contributed by atoms with van der Waals surface area (Å²) < 4.78 is 2.99. The molecule has 4 rings (SSSR count). The number of carbonyl (C=O) groups excluding carboxylic acids is 1. The van der Waals surface area contributed by atoms with Crippen LogP contribution in [0, 0.1) is 6.92 Å². The number of nitrogens with zero attached hydrogens (tertiary/aromatic N) is 5. The topological polar surface area (TPSA) is 63.9 Å².